The van der Waals surface area contributed by atoms with E-state index in [9.17, 15) is 14.4 Å². The zero-order chi connectivity index (χ0) is 18.1. The third-order valence-corrected chi connectivity index (χ3v) is 4.39. The summed E-state index contributed by atoms with van der Waals surface area (Å²) in [6.07, 6.45) is 0. The van der Waals surface area contributed by atoms with Crippen molar-refractivity contribution < 1.29 is 19.1 Å². The number of methoxy groups -OCH3 is 1. The molecule has 1 rings (SSSR count). The maximum absolute atomic E-state index is 12.8. The lowest BCUT2D eigenvalue weighted by Gasteiger charge is -2.25. The van der Waals surface area contributed by atoms with Crippen molar-refractivity contribution in [1.82, 2.24) is 9.47 Å². The first-order valence-electron chi connectivity index (χ1n) is 7.25. The van der Waals surface area contributed by atoms with Gasteiger partial charge in [-0.25, -0.2) is 4.79 Å². The molecule has 23 heavy (non-hydrogen) atoms. The number of Topliss-reactive ketones (excluding diaryl/α,β-unsaturated/α-hetero) is 1. The second kappa shape index (κ2) is 7.17. The van der Waals surface area contributed by atoms with Crippen LogP contribution in [0.1, 0.15) is 46.0 Å². The molecule has 0 aromatic carbocycles. The van der Waals surface area contributed by atoms with Gasteiger partial charge in [0.25, 0.3) is 0 Å². The van der Waals surface area contributed by atoms with Crippen LogP contribution in [0, 0.1) is 13.8 Å². The van der Waals surface area contributed by atoms with Crippen molar-refractivity contribution in [3.05, 3.63) is 22.5 Å². The van der Waals surface area contributed by atoms with Gasteiger partial charge in [-0.1, -0.05) is 0 Å². The van der Waals surface area contributed by atoms with Crippen molar-refractivity contribution in [1.29, 1.82) is 0 Å². The topological polar surface area (TPSA) is 68.6 Å². The number of rotatable bonds is 5. The molecule has 0 radical (unpaired) electrons. The minimum absolute atomic E-state index is 0.237. The van der Waals surface area contributed by atoms with E-state index in [1.165, 1.54) is 12.0 Å². The van der Waals surface area contributed by atoms with Gasteiger partial charge in [-0.05, 0) is 33.3 Å². The fourth-order valence-electron chi connectivity index (χ4n) is 2.58. The zero-order valence-corrected chi connectivity index (χ0v) is 15.3. The second-order valence-electron chi connectivity index (χ2n) is 5.59. The summed E-state index contributed by atoms with van der Waals surface area (Å²) < 4.78 is 6.40. The Labute approximate surface area is 141 Å². The highest BCUT2D eigenvalue weighted by Crippen LogP contribution is 2.24. The van der Waals surface area contributed by atoms with E-state index in [0.29, 0.717) is 22.5 Å². The van der Waals surface area contributed by atoms with E-state index >= 15 is 0 Å². The Bertz CT molecular complexity index is 649. The molecule has 0 saturated carbocycles. The number of nitrogens with zero attached hydrogens (tertiary/aromatic N) is 2. The summed E-state index contributed by atoms with van der Waals surface area (Å²) in [7, 11) is 4.53. The van der Waals surface area contributed by atoms with Gasteiger partial charge in [0.2, 0.25) is 5.91 Å². The van der Waals surface area contributed by atoms with Crippen LogP contribution in [0.3, 0.4) is 0 Å². The van der Waals surface area contributed by atoms with Gasteiger partial charge in [0, 0.05) is 25.4 Å². The van der Waals surface area contributed by atoms with Crippen molar-refractivity contribution in [2.45, 2.75) is 39.1 Å². The number of likely N-dealkylation sites (N-methyl/N-ethyl adjacent to an activating group) is 1. The number of ketones is 1. The number of hydrogen-bond donors (Lipinski definition) is 0. The van der Waals surface area contributed by atoms with Gasteiger partial charge in [0.1, 0.15) is 11.1 Å². The first-order chi connectivity index (χ1) is 10.6. The monoisotopic (exact) mass is 342 g/mol. The van der Waals surface area contributed by atoms with Gasteiger partial charge < -0.3 is 14.2 Å². The standard InChI is InChI=1S/C16H23ClN2O4/c1-8-12(10(3)18(5)13(8)16(22)23-7)14(20)11(4)19(6)15(21)9(2)17/h9,11H,1-7H3/t9-,11-/m0/s1. The van der Waals surface area contributed by atoms with E-state index in [1.807, 2.05) is 0 Å². The average molecular weight is 343 g/mol. The van der Waals surface area contributed by atoms with Crippen LogP contribution in [0.2, 0.25) is 0 Å². The lowest BCUT2D eigenvalue weighted by molar-refractivity contribution is -0.130. The number of aromatic nitrogens is 1. The van der Waals surface area contributed by atoms with E-state index in [-0.39, 0.29) is 11.7 Å². The van der Waals surface area contributed by atoms with Crippen LogP contribution in [0.4, 0.5) is 0 Å². The normalized spacial score (nSPS) is 13.4. The number of carbonyl (C=O) groups is 3. The zero-order valence-electron chi connectivity index (χ0n) is 14.6. The van der Waals surface area contributed by atoms with Crippen LogP contribution in [0.15, 0.2) is 0 Å². The van der Waals surface area contributed by atoms with Crippen LogP contribution >= 0.6 is 11.6 Å². The number of halogens is 1. The van der Waals surface area contributed by atoms with Crippen LogP contribution in [0.5, 0.6) is 0 Å². The Morgan fingerprint density at radius 3 is 2.17 bits per heavy atom. The predicted octanol–water partition coefficient (Wildman–Crippen LogP) is 2.09. The molecule has 1 amide bonds. The lowest BCUT2D eigenvalue weighted by atomic mass is 10.00. The highest BCUT2D eigenvalue weighted by atomic mass is 35.5. The number of ether oxygens (including phenoxy) is 1. The molecule has 1 heterocycles. The SMILES string of the molecule is COC(=O)c1c(C)c(C(=O)[C@H](C)N(C)C(=O)[C@H](C)Cl)c(C)n1C. The molecule has 0 fully saturated rings. The van der Waals surface area contributed by atoms with Crippen molar-refractivity contribution in [2.75, 3.05) is 14.2 Å². The van der Waals surface area contributed by atoms with Gasteiger partial charge in [-0.15, -0.1) is 11.6 Å². The van der Waals surface area contributed by atoms with Gasteiger partial charge in [0.05, 0.1) is 13.2 Å². The van der Waals surface area contributed by atoms with Crippen molar-refractivity contribution in [3.8, 4) is 0 Å². The maximum Gasteiger partial charge on any atom is 0.354 e. The Kier molecular flexibility index (Phi) is 5.99. The van der Waals surface area contributed by atoms with E-state index < -0.39 is 17.4 Å². The number of hydrogen-bond acceptors (Lipinski definition) is 4. The molecular formula is C16H23ClN2O4. The molecular weight excluding hydrogens is 320 g/mol. The Hall–Kier alpha value is -1.82. The minimum Gasteiger partial charge on any atom is -0.464 e. The highest BCUT2D eigenvalue weighted by molar-refractivity contribution is 6.30. The van der Waals surface area contributed by atoms with Crippen LogP contribution < -0.4 is 0 Å². The third kappa shape index (κ3) is 3.42. The first kappa shape index (κ1) is 19.2. The average Bonchev–Trinajstić information content (AvgIpc) is 2.73. The summed E-state index contributed by atoms with van der Waals surface area (Å²) in [6, 6.07) is -0.686. The van der Waals surface area contributed by atoms with Gasteiger partial charge in [-0.2, -0.15) is 0 Å². The Morgan fingerprint density at radius 1 is 1.22 bits per heavy atom. The molecule has 1 aromatic heterocycles. The largest absolute Gasteiger partial charge is 0.464 e. The fourth-order valence-corrected chi connectivity index (χ4v) is 2.74. The number of alkyl halides is 1. The van der Waals surface area contributed by atoms with Gasteiger partial charge in [-0.3, -0.25) is 9.59 Å². The quantitative estimate of drug-likeness (QED) is 0.467. The van der Waals surface area contributed by atoms with E-state index in [1.54, 1.807) is 46.4 Å². The predicted molar refractivity (Wildman–Crippen MR) is 88.1 cm³/mol. The summed E-state index contributed by atoms with van der Waals surface area (Å²) in [5, 5.41) is -0.709. The van der Waals surface area contributed by atoms with Gasteiger partial charge >= 0.3 is 5.97 Å². The molecule has 6 nitrogen and oxygen atoms in total. The number of amides is 1. The Morgan fingerprint density at radius 2 is 1.74 bits per heavy atom. The first-order valence-corrected chi connectivity index (χ1v) is 7.68. The number of esters is 1. The van der Waals surface area contributed by atoms with Crippen molar-refractivity contribution in [3.63, 3.8) is 0 Å². The molecule has 7 heteroatoms. The molecule has 0 aliphatic carbocycles. The van der Waals surface area contributed by atoms with E-state index in [2.05, 4.69) is 0 Å². The molecule has 1 aromatic rings. The third-order valence-electron chi connectivity index (χ3n) is 4.20. The summed E-state index contributed by atoms with van der Waals surface area (Å²) in [5.41, 5.74) is 1.97. The number of carbonyl (C=O) groups excluding carboxylic acids is 3. The molecule has 0 unspecified atom stereocenters. The summed E-state index contributed by atoms with van der Waals surface area (Å²) in [5.74, 6) is -1.07. The molecule has 2 atom stereocenters. The molecule has 0 bridgehead atoms. The van der Waals surface area contributed by atoms with E-state index in [0.717, 1.165) is 0 Å². The van der Waals surface area contributed by atoms with Crippen molar-refractivity contribution in [2.24, 2.45) is 7.05 Å². The smallest absolute Gasteiger partial charge is 0.354 e. The summed E-state index contributed by atoms with van der Waals surface area (Å²) in [6.45, 7) is 6.66. The molecule has 0 saturated heterocycles. The maximum atomic E-state index is 12.8. The lowest BCUT2D eigenvalue weighted by Crippen LogP contribution is -2.43. The molecule has 0 aliphatic heterocycles. The fraction of sp³-hybridized carbons (Fsp3) is 0.562. The molecule has 0 spiro atoms. The Balaban J connectivity index is 3.29. The summed E-state index contributed by atoms with van der Waals surface area (Å²) >= 11 is 5.80. The van der Waals surface area contributed by atoms with Crippen LogP contribution in [-0.4, -0.2) is 52.7 Å². The minimum atomic E-state index is -0.709. The van der Waals surface area contributed by atoms with Crippen LogP contribution in [-0.2, 0) is 16.6 Å². The molecule has 0 aliphatic rings. The molecule has 0 N–H and O–H groups in total. The van der Waals surface area contributed by atoms with E-state index in [4.69, 9.17) is 16.3 Å². The second-order valence-corrected chi connectivity index (χ2v) is 6.24. The van der Waals surface area contributed by atoms with Crippen molar-refractivity contribution >= 4 is 29.3 Å². The highest BCUT2D eigenvalue weighted by Gasteiger charge is 2.31. The van der Waals surface area contributed by atoms with Crippen LogP contribution in [0.25, 0.3) is 0 Å². The molecule has 128 valence electrons. The van der Waals surface area contributed by atoms with Gasteiger partial charge in [0.15, 0.2) is 5.78 Å². The summed E-state index contributed by atoms with van der Waals surface area (Å²) in [4.78, 5) is 38.0.